The second-order valence-electron chi connectivity index (χ2n) is 5.91. The molecule has 1 rings (SSSR count). The zero-order valence-corrected chi connectivity index (χ0v) is 12.7. The van der Waals surface area contributed by atoms with Crippen molar-refractivity contribution in [2.45, 2.75) is 83.2 Å². The fourth-order valence-electron chi connectivity index (χ4n) is 2.82. The fraction of sp³-hybridized carbons (Fsp3) is 0.882. The third kappa shape index (κ3) is 8.32. The Bertz CT molecular complexity index is 279. The van der Waals surface area contributed by atoms with E-state index in [9.17, 15) is 4.79 Å². The molecule has 0 saturated heterocycles. The molecule has 0 N–H and O–H groups in total. The van der Waals surface area contributed by atoms with Crippen molar-refractivity contribution >= 4 is 6.29 Å². The van der Waals surface area contributed by atoms with Crippen molar-refractivity contribution < 1.29 is 9.53 Å². The molecule has 0 aliphatic heterocycles. The van der Waals surface area contributed by atoms with E-state index < -0.39 is 0 Å². The Morgan fingerprint density at radius 1 is 1.05 bits per heavy atom. The Morgan fingerprint density at radius 3 is 2.35 bits per heavy atom. The van der Waals surface area contributed by atoms with E-state index in [2.05, 4.69) is 0 Å². The SMILES string of the molecule is N#CC(C=O)CCCCCCCCOC1CCCCC1. The summed E-state index contributed by atoms with van der Waals surface area (Å²) in [5.41, 5.74) is 0. The van der Waals surface area contributed by atoms with Gasteiger partial charge in [0.25, 0.3) is 0 Å². The van der Waals surface area contributed by atoms with Gasteiger partial charge >= 0.3 is 0 Å². The van der Waals surface area contributed by atoms with Crippen LogP contribution < -0.4 is 0 Å². The highest BCUT2D eigenvalue weighted by molar-refractivity contribution is 5.57. The predicted octanol–water partition coefficient (Wildman–Crippen LogP) is 4.41. The molecule has 20 heavy (non-hydrogen) atoms. The summed E-state index contributed by atoms with van der Waals surface area (Å²) in [6, 6.07) is 2.02. The zero-order valence-electron chi connectivity index (χ0n) is 12.7. The molecule has 1 aliphatic rings. The van der Waals surface area contributed by atoms with E-state index in [1.807, 2.05) is 6.07 Å². The number of rotatable bonds is 11. The van der Waals surface area contributed by atoms with E-state index >= 15 is 0 Å². The van der Waals surface area contributed by atoms with E-state index in [0.29, 0.717) is 6.10 Å². The van der Waals surface area contributed by atoms with Gasteiger partial charge in [0, 0.05) is 6.61 Å². The maximum atomic E-state index is 10.5. The lowest BCUT2D eigenvalue weighted by Gasteiger charge is -2.21. The third-order valence-electron chi connectivity index (χ3n) is 4.15. The van der Waals surface area contributed by atoms with Crippen LogP contribution in [0.3, 0.4) is 0 Å². The monoisotopic (exact) mass is 279 g/mol. The molecule has 1 atom stereocenters. The number of nitriles is 1. The van der Waals surface area contributed by atoms with Crippen LogP contribution in [0.2, 0.25) is 0 Å². The van der Waals surface area contributed by atoms with Crippen molar-refractivity contribution in [1.29, 1.82) is 5.26 Å². The minimum absolute atomic E-state index is 0.390. The lowest BCUT2D eigenvalue weighted by Crippen LogP contribution is -2.17. The van der Waals surface area contributed by atoms with Gasteiger partial charge in [-0.05, 0) is 25.7 Å². The topological polar surface area (TPSA) is 50.1 Å². The second kappa shape index (κ2) is 11.9. The maximum Gasteiger partial charge on any atom is 0.137 e. The first-order valence-electron chi connectivity index (χ1n) is 8.33. The number of aldehydes is 1. The maximum absolute atomic E-state index is 10.5. The van der Waals surface area contributed by atoms with Crippen LogP contribution >= 0.6 is 0 Å². The first-order chi connectivity index (χ1) is 9.86. The quantitative estimate of drug-likeness (QED) is 0.416. The molecule has 0 bridgehead atoms. The van der Waals surface area contributed by atoms with Crippen molar-refractivity contribution in [1.82, 2.24) is 0 Å². The third-order valence-corrected chi connectivity index (χ3v) is 4.15. The molecule has 1 fully saturated rings. The smallest absolute Gasteiger partial charge is 0.137 e. The Kier molecular flexibility index (Phi) is 10.2. The van der Waals surface area contributed by atoms with Gasteiger partial charge in [-0.15, -0.1) is 0 Å². The summed E-state index contributed by atoms with van der Waals surface area (Å²) < 4.78 is 5.90. The number of ether oxygens (including phenoxy) is 1. The molecule has 1 unspecified atom stereocenters. The van der Waals surface area contributed by atoms with Crippen LogP contribution in [0.25, 0.3) is 0 Å². The highest BCUT2D eigenvalue weighted by Gasteiger charge is 2.12. The molecule has 0 heterocycles. The summed E-state index contributed by atoms with van der Waals surface area (Å²) in [5.74, 6) is -0.390. The van der Waals surface area contributed by atoms with Crippen LogP contribution in [0.5, 0.6) is 0 Å². The molecule has 0 radical (unpaired) electrons. The molecular weight excluding hydrogens is 250 g/mol. The minimum Gasteiger partial charge on any atom is -0.378 e. The van der Waals surface area contributed by atoms with Gasteiger partial charge in [0.15, 0.2) is 0 Å². The Labute approximate surface area is 123 Å². The molecule has 114 valence electrons. The van der Waals surface area contributed by atoms with Crippen LogP contribution in [0.1, 0.15) is 77.0 Å². The summed E-state index contributed by atoms with van der Waals surface area (Å²) in [4.78, 5) is 10.5. The summed E-state index contributed by atoms with van der Waals surface area (Å²) in [6.07, 6.45) is 15.6. The van der Waals surface area contributed by atoms with E-state index in [1.165, 1.54) is 57.8 Å². The number of hydrogen-bond donors (Lipinski definition) is 0. The summed E-state index contributed by atoms with van der Waals surface area (Å²) in [5, 5.41) is 8.64. The molecule has 0 amide bonds. The molecule has 1 aliphatic carbocycles. The molecule has 0 aromatic heterocycles. The van der Waals surface area contributed by atoms with Crippen LogP contribution in [-0.2, 0) is 9.53 Å². The average Bonchev–Trinajstić information content (AvgIpc) is 2.50. The molecule has 3 nitrogen and oxygen atoms in total. The van der Waals surface area contributed by atoms with Gasteiger partial charge in [-0.1, -0.05) is 51.4 Å². The van der Waals surface area contributed by atoms with E-state index in [4.69, 9.17) is 10.00 Å². The number of carbonyl (C=O) groups is 1. The molecule has 0 spiro atoms. The number of unbranched alkanes of at least 4 members (excludes halogenated alkanes) is 5. The van der Waals surface area contributed by atoms with Crippen LogP contribution in [0.15, 0.2) is 0 Å². The Morgan fingerprint density at radius 2 is 1.70 bits per heavy atom. The van der Waals surface area contributed by atoms with Gasteiger partial charge in [0.1, 0.15) is 12.2 Å². The summed E-state index contributed by atoms with van der Waals surface area (Å²) in [7, 11) is 0. The highest BCUT2D eigenvalue weighted by atomic mass is 16.5. The zero-order chi connectivity index (χ0) is 14.5. The lowest BCUT2D eigenvalue weighted by atomic mass is 9.98. The van der Waals surface area contributed by atoms with Crippen molar-refractivity contribution in [3.63, 3.8) is 0 Å². The van der Waals surface area contributed by atoms with E-state index in [0.717, 1.165) is 32.2 Å². The van der Waals surface area contributed by atoms with Crippen LogP contribution in [-0.4, -0.2) is 19.0 Å². The minimum atomic E-state index is -0.390. The molecule has 1 saturated carbocycles. The number of nitrogens with zero attached hydrogens (tertiary/aromatic N) is 1. The first-order valence-corrected chi connectivity index (χ1v) is 8.33. The van der Waals surface area contributed by atoms with Crippen LogP contribution in [0, 0.1) is 17.2 Å². The standard InChI is InChI=1S/C17H29NO2/c18-14-16(15-19)10-6-3-1-2-4-9-13-20-17-11-7-5-8-12-17/h15-17H,1-13H2. The van der Waals surface area contributed by atoms with Gasteiger partial charge in [0.2, 0.25) is 0 Å². The first kappa shape index (κ1) is 17.2. The largest absolute Gasteiger partial charge is 0.378 e. The highest BCUT2D eigenvalue weighted by Crippen LogP contribution is 2.20. The van der Waals surface area contributed by atoms with E-state index in [-0.39, 0.29) is 5.92 Å². The van der Waals surface area contributed by atoms with Gasteiger partial charge in [-0.2, -0.15) is 5.26 Å². The molecule has 0 aromatic carbocycles. The predicted molar refractivity (Wildman–Crippen MR) is 80.3 cm³/mol. The number of hydrogen-bond acceptors (Lipinski definition) is 3. The van der Waals surface area contributed by atoms with Gasteiger partial charge in [-0.25, -0.2) is 0 Å². The summed E-state index contributed by atoms with van der Waals surface area (Å²) in [6.45, 7) is 0.923. The second-order valence-corrected chi connectivity index (χ2v) is 5.91. The van der Waals surface area contributed by atoms with Gasteiger partial charge < -0.3 is 9.53 Å². The van der Waals surface area contributed by atoms with Crippen LogP contribution in [0.4, 0.5) is 0 Å². The molecular formula is C17H29NO2. The average molecular weight is 279 g/mol. The number of carbonyl (C=O) groups excluding carboxylic acids is 1. The lowest BCUT2D eigenvalue weighted by molar-refractivity contribution is -0.109. The molecule has 0 aromatic rings. The van der Waals surface area contributed by atoms with E-state index in [1.54, 1.807) is 0 Å². The van der Waals surface area contributed by atoms with Gasteiger partial charge in [0.05, 0.1) is 12.2 Å². The Hall–Kier alpha value is -0.880. The van der Waals surface area contributed by atoms with Crippen molar-refractivity contribution in [3.05, 3.63) is 0 Å². The Balaban J connectivity index is 1.80. The van der Waals surface area contributed by atoms with Gasteiger partial charge in [-0.3, -0.25) is 0 Å². The normalized spacial score (nSPS) is 17.6. The summed E-state index contributed by atoms with van der Waals surface area (Å²) >= 11 is 0. The van der Waals surface area contributed by atoms with Crippen molar-refractivity contribution in [2.24, 2.45) is 5.92 Å². The van der Waals surface area contributed by atoms with Crippen molar-refractivity contribution in [2.75, 3.05) is 6.61 Å². The van der Waals surface area contributed by atoms with Crippen molar-refractivity contribution in [3.8, 4) is 6.07 Å². The molecule has 3 heteroatoms. The fourth-order valence-corrected chi connectivity index (χ4v) is 2.82.